The second-order valence-corrected chi connectivity index (χ2v) is 5.35. The van der Waals surface area contributed by atoms with E-state index in [2.05, 4.69) is 20.8 Å². The smallest absolute Gasteiger partial charge is 0.256 e. The van der Waals surface area contributed by atoms with Gasteiger partial charge in [-0.05, 0) is 40.9 Å². The number of hydrogen-bond donors (Lipinski definition) is 1. The average Bonchev–Trinajstić information content (AvgIpc) is 3.16. The average molecular weight is 299 g/mol. The number of amides is 1. The summed E-state index contributed by atoms with van der Waals surface area (Å²) in [5.41, 5.74) is 3.58. The minimum absolute atomic E-state index is 0.199. The Morgan fingerprint density at radius 3 is 2.95 bits per heavy atom. The Hall–Kier alpha value is -2.47. The van der Waals surface area contributed by atoms with Crippen LogP contribution in [0.1, 0.15) is 21.7 Å². The molecule has 0 saturated heterocycles. The van der Waals surface area contributed by atoms with E-state index in [0.29, 0.717) is 17.9 Å². The standard InChI is InChI=1S/C15H13N3O2S/c1-10-14(8-18-20-10)15(19)17-6-11-4-13(7-16-5-11)12-2-3-21-9-12/h2-5,7-9H,6H2,1H3,(H,17,19). The van der Waals surface area contributed by atoms with Crippen molar-refractivity contribution < 1.29 is 9.32 Å². The van der Waals surface area contributed by atoms with Gasteiger partial charge in [0.15, 0.2) is 0 Å². The highest BCUT2D eigenvalue weighted by Gasteiger charge is 2.12. The third kappa shape index (κ3) is 3.00. The van der Waals surface area contributed by atoms with Crippen molar-refractivity contribution in [3.63, 3.8) is 0 Å². The molecule has 6 heteroatoms. The summed E-state index contributed by atoms with van der Waals surface area (Å²) < 4.78 is 4.88. The van der Waals surface area contributed by atoms with Gasteiger partial charge in [-0.15, -0.1) is 0 Å². The van der Waals surface area contributed by atoms with E-state index in [9.17, 15) is 4.79 Å². The van der Waals surface area contributed by atoms with Gasteiger partial charge in [0.2, 0.25) is 0 Å². The highest BCUT2D eigenvalue weighted by molar-refractivity contribution is 7.08. The van der Waals surface area contributed by atoms with E-state index in [1.807, 2.05) is 23.7 Å². The number of rotatable bonds is 4. The van der Waals surface area contributed by atoms with Crippen molar-refractivity contribution >= 4 is 17.2 Å². The molecule has 21 heavy (non-hydrogen) atoms. The predicted octanol–water partition coefficient (Wildman–Crippen LogP) is 3.04. The molecule has 0 bridgehead atoms. The van der Waals surface area contributed by atoms with E-state index in [1.54, 1.807) is 24.5 Å². The molecular formula is C15H13N3O2S. The van der Waals surface area contributed by atoms with Gasteiger partial charge in [-0.3, -0.25) is 9.78 Å². The molecule has 3 rings (SSSR count). The van der Waals surface area contributed by atoms with E-state index in [-0.39, 0.29) is 5.91 Å². The molecule has 0 atom stereocenters. The Balaban J connectivity index is 1.70. The number of pyridine rings is 1. The maximum Gasteiger partial charge on any atom is 0.256 e. The fraction of sp³-hybridized carbons (Fsp3) is 0.133. The van der Waals surface area contributed by atoms with Gasteiger partial charge < -0.3 is 9.84 Å². The van der Waals surface area contributed by atoms with Gasteiger partial charge in [-0.1, -0.05) is 5.16 Å². The zero-order valence-corrected chi connectivity index (χ0v) is 12.2. The Kier molecular flexibility index (Phi) is 3.79. The maximum absolute atomic E-state index is 12.0. The van der Waals surface area contributed by atoms with Crippen molar-refractivity contribution in [2.45, 2.75) is 13.5 Å². The Morgan fingerprint density at radius 2 is 2.24 bits per heavy atom. The van der Waals surface area contributed by atoms with Gasteiger partial charge in [0.05, 0.1) is 6.20 Å². The molecule has 3 aromatic rings. The largest absolute Gasteiger partial charge is 0.361 e. The highest BCUT2D eigenvalue weighted by Crippen LogP contribution is 2.21. The van der Waals surface area contributed by atoms with Gasteiger partial charge in [0.1, 0.15) is 11.3 Å². The van der Waals surface area contributed by atoms with Crippen LogP contribution in [0.5, 0.6) is 0 Å². The highest BCUT2D eigenvalue weighted by atomic mass is 32.1. The van der Waals surface area contributed by atoms with Crippen LogP contribution in [-0.2, 0) is 6.54 Å². The summed E-state index contributed by atoms with van der Waals surface area (Å²) in [7, 11) is 0. The number of thiophene rings is 1. The number of aromatic nitrogens is 2. The Morgan fingerprint density at radius 1 is 1.33 bits per heavy atom. The quantitative estimate of drug-likeness (QED) is 0.804. The summed E-state index contributed by atoms with van der Waals surface area (Å²) in [4.78, 5) is 16.2. The van der Waals surface area contributed by atoms with Gasteiger partial charge in [-0.2, -0.15) is 11.3 Å². The molecule has 0 aromatic carbocycles. The number of hydrogen-bond acceptors (Lipinski definition) is 5. The summed E-state index contributed by atoms with van der Waals surface area (Å²) in [6, 6.07) is 4.07. The Labute approximate surface area is 125 Å². The number of nitrogens with one attached hydrogen (secondary N) is 1. The van der Waals surface area contributed by atoms with E-state index < -0.39 is 0 Å². The minimum atomic E-state index is -0.199. The lowest BCUT2D eigenvalue weighted by Crippen LogP contribution is -2.23. The van der Waals surface area contributed by atoms with Crippen molar-refractivity contribution in [1.29, 1.82) is 0 Å². The molecular weight excluding hydrogens is 286 g/mol. The van der Waals surface area contributed by atoms with Crippen LogP contribution in [0.25, 0.3) is 11.1 Å². The van der Waals surface area contributed by atoms with E-state index >= 15 is 0 Å². The molecule has 3 aromatic heterocycles. The van der Waals surface area contributed by atoms with Crippen LogP contribution in [0, 0.1) is 6.92 Å². The molecule has 1 amide bonds. The second kappa shape index (κ2) is 5.88. The van der Waals surface area contributed by atoms with Crippen molar-refractivity contribution in [3.05, 3.63) is 58.4 Å². The van der Waals surface area contributed by atoms with Gasteiger partial charge >= 0.3 is 0 Å². The van der Waals surface area contributed by atoms with Crippen LogP contribution in [0.3, 0.4) is 0 Å². The number of carbonyl (C=O) groups excluding carboxylic acids is 1. The fourth-order valence-electron chi connectivity index (χ4n) is 1.97. The monoisotopic (exact) mass is 299 g/mol. The first-order valence-electron chi connectivity index (χ1n) is 6.40. The second-order valence-electron chi connectivity index (χ2n) is 4.57. The summed E-state index contributed by atoms with van der Waals surface area (Å²) in [6.45, 7) is 2.12. The molecule has 0 unspecified atom stereocenters. The van der Waals surface area contributed by atoms with Gasteiger partial charge in [0.25, 0.3) is 5.91 Å². The topological polar surface area (TPSA) is 68.0 Å². The molecule has 0 aliphatic rings. The van der Waals surface area contributed by atoms with Crippen LogP contribution in [0.4, 0.5) is 0 Å². The summed E-state index contributed by atoms with van der Waals surface area (Å²) in [6.07, 6.45) is 4.98. The van der Waals surface area contributed by atoms with Gasteiger partial charge in [-0.25, -0.2) is 0 Å². The first kappa shape index (κ1) is 13.5. The lowest BCUT2D eigenvalue weighted by molar-refractivity contribution is 0.0949. The SMILES string of the molecule is Cc1oncc1C(=O)NCc1cncc(-c2ccsc2)c1. The van der Waals surface area contributed by atoms with E-state index in [4.69, 9.17) is 4.52 Å². The zero-order valence-electron chi connectivity index (χ0n) is 11.4. The van der Waals surface area contributed by atoms with Crippen molar-refractivity contribution in [1.82, 2.24) is 15.5 Å². The molecule has 106 valence electrons. The van der Waals surface area contributed by atoms with Crippen molar-refractivity contribution in [3.8, 4) is 11.1 Å². The van der Waals surface area contributed by atoms with Crippen LogP contribution >= 0.6 is 11.3 Å². The predicted molar refractivity (Wildman–Crippen MR) is 80.0 cm³/mol. The van der Waals surface area contributed by atoms with Crippen LogP contribution in [-0.4, -0.2) is 16.0 Å². The molecule has 3 heterocycles. The number of carbonyl (C=O) groups is 1. The van der Waals surface area contributed by atoms with Crippen LogP contribution < -0.4 is 5.32 Å². The lowest BCUT2D eigenvalue weighted by atomic mass is 10.1. The normalized spacial score (nSPS) is 10.5. The third-order valence-electron chi connectivity index (χ3n) is 3.10. The molecule has 0 saturated carbocycles. The molecule has 0 fully saturated rings. The van der Waals surface area contributed by atoms with Crippen LogP contribution in [0.15, 0.2) is 46.0 Å². The molecule has 1 N–H and O–H groups in total. The zero-order chi connectivity index (χ0) is 14.7. The number of aryl methyl sites for hydroxylation is 1. The van der Waals surface area contributed by atoms with E-state index in [0.717, 1.165) is 16.7 Å². The fourth-order valence-corrected chi connectivity index (χ4v) is 2.63. The number of nitrogens with zero attached hydrogens (tertiary/aromatic N) is 2. The molecule has 0 aliphatic carbocycles. The third-order valence-corrected chi connectivity index (χ3v) is 3.78. The first-order valence-corrected chi connectivity index (χ1v) is 7.34. The molecule has 5 nitrogen and oxygen atoms in total. The summed E-state index contributed by atoms with van der Waals surface area (Å²) in [5, 5.41) is 10.5. The first-order chi connectivity index (χ1) is 10.2. The van der Waals surface area contributed by atoms with Crippen LogP contribution in [0.2, 0.25) is 0 Å². The molecule has 0 radical (unpaired) electrons. The summed E-state index contributed by atoms with van der Waals surface area (Å²) >= 11 is 1.64. The maximum atomic E-state index is 12.0. The minimum Gasteiger partial charge on any atom is -0.361 e. The van der Waals surface area contributed by atoms with Crippen molar-refractivity contribution in [2.75, 3.05) is 0 Å². The lowest BCUT2D eigenvalue weighted by Gasteiger charge is -2.05. The van der Waals surface area contributed by atoms with E-state index in [1.165, 1.54) is 6.20 Å². The summed E-state index contributed by atoms with van der Waals surface area (Å²) in [5.74, 6) is 0.312. The van der Waals surface area contributed by atoms with Crippen molar-refractivity contribution in [2.24, 2.45) is 0 Å². The molecule has 0 aliphatic heterocycles. The molecule has 0 spiro atoms. The van der Waals surface area contributed by atoms with Gasteiger partial charge in [0, 0.05) is 24.5 Å². The Bertz CT molecular complexity index is 750.